The molecular weight excluding hydrogens is 266 g/mol. The van der Waals surface area contributed by atoms with Gasteiger partial charge >= 0.3 is 0 Å². The molecular formula is C17H15NOS. The van der Waals surface area contributed by atoms with E-state index in [0.29, 0.717) is 0 Å². The quantitative estimate of drug-likeness (QED) is 0.732. The molecule has 0 aliphatic carbocycles. The van der Waals surface area contributed by atoms with E-state index in [1.807, 2.05) is 12.1 Å². The van der Waals surface area contributed by atoms with Crippen molar-refractivity contribution in [2.24, 2.45) is 0 Å². The summed E-state index contributed by atoms with van der Waals surface area (Å²) >= 11 is 1.62. The predicted octanol–water partition coefficient (Wildman–Crippen LogP) is 4.80. The lowest BCUT2D eigenvalue weighted by molar-refractivity contribution is 0.475. The third kappa shape index (κ3) is 2.45. The maximum absolute atomic E-state index is 9.33. The second-order valence-corrected chi connectivity index (χ2v) is 5.76. The summed E-state index contributed by atoms with van der Waals surface area (Å²) in [5.74, 6) is 0.278. The molecule has 1 N–H and O–H groups in total. The second kappa shape index (κ2) is 5.10. The maximum atomic E-state index is 9.33. The third-order valence-electron chi connectivity index (χ3n) is 3.28. The van der Waals surface area contributed by atoms with Crippen molar-refractivity contribution in [1.82, 2.24) is 4.98 Å². The molecule has 0 aliphatic heterocycles. The highest BCUT2D eigenvalue weighted by Gasteiger charge is 2.08. The molecule has 0 fully saturated rings. The van der Waals surface area contributed by atoms with E-state index in [4.69, 9.17) is 4.98 Å². The van der Waals surface area contributed by atoms with E-state index in [1.54, 1.807) is 23.5 Å². The number of aromatic hydroxyl groups is 1. The molecule has 0 saturated carbocycles. The standard InChI is InChI=1S/C17H15NOS/c1-11-3-8-15(12(2)9-11)16-10-20-17(18-16)13-4-6-14(19)7-5-13/h3-10,19H,1-2H3. The normalized spacial score (nSPS) is 10.7. The lowest BCUT2D eigenvalue weighted by Gasteiger charge is -2.03. The molecule has 0 aliphatic rings. The molecule has 3 heteroatoms. The van der Waals surface area contributed by atoms with Gasteiger partial charge in [-0.05, 0) is 43.7 Å². The highest BCUT2D eigenvalue weighted by Crippen LogP contribution is 2.31. The lowest BCUT2D eigenvalue weighted by atomic mass is 10.0. The molecule has 3 rings (SSSR count). The molecule has 100 valence electrons. The summed E-state index contributed by atoms with van der Waals surface area (Å²) in [5.41, 5.74) is 5.73. The Morgan fingerprint density at radius 1 is 1.00 bits per heavy atom. The Balaban J connectivity index is 1.99. The molecule has 0 spiro atoms. The molecule has 0 bridgehead atoms. The zero-order valence-corrected chi connectivity index (χ0v) is 12.2. The topological polar surface area (TPSA) is 33.1 Å². The van der Waals surface area contributed by atoms with Crippen LogP contribution in [0, 0.1) is 13.8 Å². The van der Waals surface area contributed by atoms with Crippen molar-refractivity contribution >= 4 is 11.3 Å². The van der Waals surface area contributed by atoms with Crippen molar-refractivity contribution in [3.8, 4) is 27.6 Å². The van der Waals surface area contributed by atoms with Crippen molar-refractivity contribution < 1.29 is 5.11 Å². The SMILES string of the molecule is Cc1ccc(-c2csc(-c3ccc(O)cc3)n2)c(C)c1. The van der Waals surface area contributed by atoms with Crippen LogP contribution in [-0.2, 0) is 0 Å². The monoisotopic (exact) mass is 281 g/mol. The van der Waals surface area contributed by atoms with Crippen LogP contribution in [0.1, 0.15) is 11.1 Å². The number of nitrogens with zero attached hydrogens (tertiary/aromatic N) is 1. The molecule has 0 amide bonds. The van der Waals surface area contributed by atoms with Crippen LogP contribution in [0.4, 0.5) is 0 Å². The van der Waals surface area contributed by atoms with Crippen LogP contribution in [-0.4, -0.2) is 10.1 Å². The van der Waals surface area contributed by atoms with E-state index < -0.39 is 0 Å². The molecule has 1 aromatic heterocycles. The van der Waals surface area contributed by atoms with Gasteiger partial charge < -0.3 is 5.11 Å². The first-order valence-corrected chi connectivity index (χ1v) is 7.34. The van der Waals surface area contributed by atoms with E-state index in [1.165, 1.54) is 16.7 Å². The summed E-state index contributed by atoms with van der Waals surface area (Å²) in [5, 5.41) is 12.4. The van der Waals surface area contributed by atoms with E-state index in [0.717, 1.165) is 16.3 Å². The zero-order valence-electron chi connectivity index (χ0n) is 11.4. The average Bonchev–Trinajstić information content (AvgIpc) is 2.89. The van der Waals surface area contributed by atoms with Crippen LogP contribution in [0.25, 0.3) is 21.8 Å². The minimum Gasteiger partial charge on any atom is -0.508 e. The van der Waals surface area contributed by atoms with Crippen molar-refractivity contribution in [1.29, 1.82) is 0 Å². The number of aryl methyl sites for hydroxylation is 2. The molecule has 1 heterocycles. The molecule has 0 atom stereocenters. The van der Waals surface area contributed by atoms with E-state index >= 15 is 0 Å². The number of aromatic nitrogens is 1. The van der Waals surface area contributed by atoms with Gasteiger partial charge in [-0.2, -0.15) is 0 Å². The van der Waals surface area contributed by atoms with Crippen molar-refractivity contribution in [2.45, 2.75) is 13.8 Å². The predicted molar refractivity (Wildman–Crippen MR) is 84.1 cm³/mol. The molecule has 2 aromatic carbocycles. The lowest BCUT2D eigenvalue weighted by Crippen LogP contribution is -1.85. The summed E-state index contributed by atoms with van der Waals surface area (Å²) in [6.07, 6.45) is 0. The Bertz CT molecular complexity index is 744. The van der Waals surface area contributed by atoms with Gasteiger partial charge in [0.25, 0.3) is 0 Å². The van der Waals surface area contributed by atoms with E-state index in [9.17, 15) is 5.11 Å². The van der Waals surface area contributed by atoms with Crippen LogP contribution in [0.15, 0.2) is 47.8 Å². The molecule has 2 nitrogen and oxygen atoms in total. The second-order valence-electron chi connectivity index (χ2n) is 4.90. The van der Waals surface area contributed by atoms with Crippen molar-refractivity contribution in [2.75, 3.05) is 0 Å². The molecule has 0 unspecified atom stereocenters. The van der Waals surface area contributed by atoms with Gasteiger partial charge in [-0.15, -0.1) is 11.3 Å². The Morgan fingerprint density at radius 3 is 2.45 bits per heavy atom. The van der Waals surface area contributed by atoms with Crippen LogP contribution in [0.5, 0.6) is 5.75 Å². The van der Waals surface area contributed by atoms with Gasteiger partial charge in [0, 0.05) is 16.5 Å². The first-order chi connectivity index (χ1) is 9.63. The van der Waals surface area contributed by atoms with Gasteiger partial charge in [0.2, 0.25) is 0 Å². The Morgan fingerprint density at radius 2 is 1.75 bits per heavy atom. The smallest absolute Gasteiger partial charge is 0.124 e. The van der Waals surface area contributed by atoms with Gasteiger partial charge in [-0.3, -0.25) is 0 Å². The zero-order chi connectivity index (χ0) is 14.1. The van der Waals surface area contributed by atoms with Crippen LogP contribution >= 0.6 is 11.3 Å². The van der Waals surface area contributed by atoms with Crippen molar-refractivity contribution in [3.63, 3.8) is 0 Å². The molecule has 3 aromatic rings. The minimum absolute atomic E-state index is 0.278. The third-order valence-corrected chi connectivity index (χ3v) is 4.17. The van der Waals surface area contributed by atoms with E-state index in [-0.39, 0.29) is 5.75 Å². The van der Waals surface area contributed by atoms with Crippen LogP contribution in [0.2, 0.25) is 0 Å². The first-order valence-electron chi connectivity index (χ1n) is 6.46. The van der Waals surface area contributed by atoms with Gasteiger partial charge in [-0.1, -0.05) is 23.8 Å². The number of thiazole rings is 1. The van der Waals surface area contributed by atoms with Crippen molar-refractivity contribution in [3.05, 3.63) is 59.0 Å². The largest absolute Gasteiger partial charge is 0.508 e. The Kier molecular flexibility index (Phi) is 3.28. The minimum atomic E-state index is 0.278. The van der Waals surface area contributed by atoms with Crippen LogP contribution in [0.3, 0.4) is 0 Å². The summed E-state index contributed by atoms with van der Waals surface area (Å²) in [4.78, 5) is 4.71. The number of hydrogen-bond acceptors (Lipinski definition) is 3. The summed E-state index contributed by atoms with van der Waals surface area (Å²) < 4.78 is 0. The molecule has 0 saturated heterocycles. The number of phenols is 1. The number of rotatable bonds is 2. The van der Waals surface area contributed by atoms with Gasteiger partial charge in [0.1, 0.15) is 10.8 Å². The fourth-order valence-electron chi connectivity index (χ4n) is 2.24. The highest BCUT2D eigenvalue weighted by molar-refractivity contribution is 7.13. The fraction of sp³-hybridized carbons (Fsp3) is 0.118. The Labute approximate surface area is 122 Å². The number of hydrogen-bond donors (Lipinski definition) is 1. The molecule has 20 heavy (non-hydrogen) atoms. The fourth-order valence-corrected chi connectivity index (χ4v) is 3.06. The van der Waals surface area contributed by atoms with Gasteiger partial charge in [0.15, 0.2) is 0 Å². The summed E-state index contributed by atoms with van der Waals surface area (Å²) in [6, 6.07) is 13.6. The maximum Gasteiger partial charge on any atom is 0.124 e. The first kappa shape index (κ1) is 12.9. The van der Waals surface area contributed by atoms with Gasteiger partial charge in [0.05, 0.1) is 5.69 Å². The van der Waals surface area contributed by atoms with Crippen LogP contribution < -0.4 is 0 Å². The highest BCUT2D eigenvalue weighted by atomic mass is 32.1. The Hall–Kier alpha value is -2.13. The van der Waals surface area contributed by atoms with E-state index in [2.05, 4.69) is 37.4 Å². The number of benzene rings is 2. The number of phenolic OH excluding ortho intramolecular Hbond substituents is 1. The van der Waals surface area contributed by atoms with Gasteiger partial charge in [-0.25, -0.2) is 4.98 Å². The summed E-state index contributed by atoms with van der Waals surface area (Å²) in [7, 11) is 0. The average molecular weight is 281 g/mol. The molecule has 0 radical (unpaired) electrons. The summed E-state index contributed by atoms with van der Waals surface area (Å²) in [6.45, 7) is 4.21.